The number of nitrogens with one attached hydrogen (secondary N) is 2. The van der Waals surface area contributed by atoms with Crippen LogP contribution < -0.4 is 10.6 Å². The molecule has 2 aliphatic heterocycles. The minimum atomic E-state index is 0.305. The van der Waals surface area contributed by atoms with E-state index in [1.54, 1.807) is 0 Å². The number of hydrogen-bond donors (Lipinski definition) is 2. The van der Waals surface area contributed by atoms with E-state index in [4.69, 9.17) is 9.47 Å². The van der Waals surface area contributed by atoms with E-state index in [0.29, 0.717) is 12.1 Å². The molecule has 0 bridgehead atoms. The zero-order valence-electron chi connectivity index (χ0n) is 14.1. The van der Waals surface area contributed by atoms with E-state index in [-0.39, 0.29) is 0 Å². The van der Waals surface area contributed by atoms with Gasteiger partial charge in [0.05, 0.1) is 12.7 Å². The number of guanidine groups is 1. The highest BCUT2D eigenvalue weighted by Gasteiger charge is 2.22. The third kappa shape index (κ3) is 5.74. The van der Waals surface area contributed by atoms with E-state index < -0.39 is 0 Å². The van der Waals surface area contributed by atoms with Crippen molar-refractivity contribution in [3.8, 4) is 0 Å². The molecule has 0 spiro atoms. The molecule has 0 saturated carbocycles. The molecule has 6 nitrogen and oxygen atoms in total. The summed E-state index contributed by atoms with van der Waals surface area (Å²) in [5.41, 5.74) is 0. The molecule has 0 aliphatic carbocycles. The summed E-state index contributed by atoms with van der Waals surface area (Å²) in [4.78, 5) is 6.83. The third-order valence-electron chi connectivity index (χ3n) is 4.49. The van der Waals surface area contributed by atoms with E-state index in [2.05, 4.69) is 27.4 Å². The molecule has 2 unspecified atom stereocenters. The van der Waals surface area contributed by atoms with Gasteiger partial charge in [-0.2, -0.15) is 0 Å². The molecule has 2 atom stereocenters. The number of likely N-dealkylation sites (N-methyl/N-ethyl adjacent to an activating group) is 1. The van der Waals surface area contributed by atoms with Gasteiger partial charge >= 0.3 is 0 Å². The minimum Gasteiger partial charge on any atom is -0.379 e. The van der Waals surface area contributed by atoms with Crippen LogP contribution in [0.4, 0.5) is 0 Å². The molecule has 128 valence electrons. The van der Waals surface area contributed by atoms with Crippen LogP contribution in [-0.4, -0.2) is 76.1 Å². The van der Waals surface area contributed by atoms with Crippen molar-refractivity contribution in [1.82, 2.24) is 15.5 Å². The van der Waals surface area contributed by atoms with Crippen molar-refractivity contribution in [2.75, 3.05) is 53.0 Å². The summed E-state index contributed by atoms with van der Waals surface area (Å²) in [5, 5.41) is 6.80. The average Bonchev–Trinajstić information content (AvgIpc) is 3.21. The molecule has 0 aromatic heterocycles. The van der Waals surface area contributed by atoms with Crippen molar-refractivity contribution >= 4 is 5.96 Å². The number of aliphatic imine (C=N–C) groups is 1. The van der Waals surface area contributed by atoms with E-state index in [0.717, 1.165) is 58.3 Å². The number of hydrogen-bond acceptors (Lipinski definition) is 4. The van der Waals surface area contributed by atoms with E-state index in [9.17, 15) is 0 Å². The second kappa shape index (κ2) is 10.0. The van der Waals surface area contributed by atoms with Gasteiger partial charge in [0.15, 0.2) is 5.96 Å². The Hall–Kier alpha value is -0.850. The summed E-state index contributed by atoms with van der Waals surface area (Å²) in [5.74, 6) is 0.896. The standard InChI is InChI=1S/C16H32N4O2/c1-3-20-9-4-6-14(20)12-19-16(17-2)18-8-5-10-22-15-7-11-21-13-15/h14-15H,3-13H2,1-2H3,(H2,17,18,19). The predicted octanol–water partition coefficient (Wildman–Crippen LogP) is 0.831. The van der Waals surface area contributed by atoms with Gasteiger partial charge in [-0.1, -0.05) is 6.92 Å². The van der Waals surface area contributed by atoms with Crippen molar-refractivity contribution in [2.45, 2.75) is 44.8 Å². The molecular formula is C16H32N4O2. The SMILES string of the molecule is CCN1CCCC1CNC(=NC)NCCCOC1CCOC1. The Kier molecular flexibility index (Phi) is 7.98. The van der Waals surface area contributed by atoms with Crippen LogP contribution in [0, 0.1) is 0 Å². The summed E-state index contributed by atoms with van der Waals surface area (Å²) >= 11 is 0. The maximum Gasteiger partial charge on any atom is 0.191 e. The van der Waals surface area contributed by atoms with Gasteiger partial charge in [0, 0.05) is 39.4 Å². The molecular weight excluding hydrogens is 280 g/mol. The largest absolute Gasteiger partial charge is 0.379 e. The van der Waals surface area contributed by atoms with Crippen LogP contribution >= 0.6 is 0 Å². The molecule has 0 aromatic rings. The van der Waals surface area contributed by atoms with Crippen LogP contribution in [0.3, 0.4) is 0 Å². The van der Waals surface area contributed by atoms with Crippen molar-refractivity contribution in [3.05, 3.63) is 0 Å². The average molecular weight is 312 g/mol. The lowest BCUT2D eigenvalue weighted by atomic mass is 10.2. The summed E-state index contributed by atoms with van der Waals surface area (Å²) in [6.45, 7) is 8.85. The van der Waals surface area contributed by atoms with Crippen LogP contribution in [0.5, 0.6) is 0 Å². The van der Waals surface area contributed by atoms with E-state index in [1.807, 2.05) is 7.05 Å². The second-order valence-electron chi connectivity index (χ2n) is 6.01. The number of rotatable bonds is 8. The molecule has 0 aromatic carbocycles. The maximum atomic E-state index is 5.76. The topological polar surface area (TPSA) is 58.1 Å². The van der Waals surface area contributed by atoms with Gasteiger partial charge in [0.2, 0.25) is 0 Å². The molecule has 6 heteroatoms. The first-order valence-electron chi connectivity index (χ1n) is 8.71. The van der Waals surface area contributed by atoms with Gasteiger partial charge < -0.3 is 20.1 Å². The van der Waals surface area contributed by atoms with Crippen LogP contribution in [0.15, 0.2) is 4.99 Å². The smallest absolute Gasteiger partial charge is 0.191 e. The van der Waals surface area contributed by atoms with Crippen molar-refractivity contribution in [3.63, 3.8) is 0 Å². The van der Waals surface area contributed by atoms with Crippen LogP contribution in [-0.2, 0) is 9.47 Å². The van der Waals surface area contributed by atoms with Gasteiger partial charge in [0.1, 0.15) is 0 Å². The molecule has 2 aliphatic rings. The lowest BCUT2D eigenvalue weighted by Gasteiger charge is -2.24. The number of likely N-dealkylation sites (tertiary alicyclic amines) is 1. The number of ether oxygens (including phenoxy) is 2. The molecule has 0 amide bonds. The highest BCUT2D eigenvalue weighted by Crippen LogP contribution is 2.15. The van der Waals surface area contributed by atoms with Crippen molar-refractivity contribution in [1.29, 1.82) is 0 Å². The molecule has 2 saturated heterocycles. The van der Waals surface area contributed by atoms with Gasteiger partial charge in [-0.25, -0.2) is 0 Å². The fourth-order valence-electron chi connectivity index (χ4n) is 3.15. The zero-order chi connectivity index (χ0) is 15.6. The number of nitrogens with zero attached hydrogens (tertiary/aromatic N) is 2. The van der Waals surface area contributed by atoms with Crippen LogP contribution in [0.2, 0.25) is 0 Å². The summed E-state index contributed by atoms with van der Waals surface area (Å²) < 4.78 is 11.1. The minimum absolute atomic E-state index is 0.305. The predicted molar refractivity (Wildman–Crippen MR) is 89.4 cm³/mol. The lowest BCUT2D eigenvalue weighted by molar-refractivity contribution is 0.0420. The van der Waals surface area contributed by atoms with Crippen LogP contribution in [0.25, 0.3) is 0 Å². The quantitative estimate of drug-likeness (QED) is 0.395. The summed E-state index contributed by atoms with van der Waals surface area (Å²) in [6.07, 6.45) is 4.93. The fourth-order valence-corrected chi connectivity index (χ4v) is 3.15. The van der Waals surface area contributed by atoms with E-state index >= 15 is 0 Å². The Bertz CT molecular complexity index is 332. The fraction of sp³-hybridized carbons (Fsp3) is 0.938. The Balaban J connectivity index is 1.53. The molecule has 2 N–H and O–H groups in total. The lowest BCUT2D eigenvalue weighted by Crippen LogP contribution is -2.45. The maximum absolute atomic E-state index is 5.76. The Morgan fingerprint density at radius 3 is 3.00 bits per heavy atom. The molecule has 0 radical (unpaired) electrons. The molecule has 2 rings (SSSR count). The van der Waals surface area contributed by atoms with E-state index in [1.165, 1.54) is 19.4 Å². The van der Waals surface area contributed by atoms with Crippen molar-refractivity contribution < 1.29 is 9.47 Å². The van der Waals surface area contributed by atoms with Gasteiger partial charge in [-0.05, 0) is 38.8 Å². The summed E-state index contributed by atoms with van der Waals surface area (Å²) in [7, 11) is 1.83. The summed E-state index contributed by atoms with van der Waals surface area (Å²) in [6, 6.07) is 0.647. The van der Waals surface area contributed by atoms with Gasteiger partial charge in [-0.15, -0.1) is 0 Å². The first kappa shape index (κ1) is 17.5. The first-order chi connectivity index (χ1) is 10.8. The Labute approximate surface area is 134 Å². The second-order valence-corrected chi connectivity index (χ2v) is 6.01. The molecule has 22 heavy (non-hydrogen) atoms. The van der Waals surface area contributed by atoms with Gasteiger partial charge in [0.25, 0.3) is 0 Å². The first-order valence-corrected chi connectivity index (χ1v) is 8.71. The van der Waals surface area contributed by atoms with Crippen molar-refractivity contribution in [2.24, 2.45) is 4.99 Å². The zero-order valence-corrected chi connectivity index (χ0v) is 14.1. The molecule has 2 heterocycles. The highest BCUT2D eigenvalue weighted by atomic mass is 16.5. The van der Waals surface area contributed by atoms with Gasteiger partial charge in [-0.3, -0.25) is 9.89 Å². The Morgan fingerprint density at radius 1 is 1.36 bits per heavy atom. The normalized spacial score (nSPS) is 26.5. The Morgan fingerprint density at radius 2 is 2.27 bits per heavy atom. The monoisotopic (exact) mass is 312 g/mol. The highest BCUT2D eigenvalue weighted by molar-refractivity contribution is 5.79. The molecule has 2 fully saturated rings. The third-order valence-corrected chi connectivity index (χ3v) is 4.49. The van der Waals surface area contributed by atoms with Crippen LogP contribution in [0.1, 0.15) is 32.6 Å².